The van der Waals surface area contributed by atoms with Gasteiger partial charge in [0.2, 0.25) is 0 Å². The summed E-state index contributed by atoms with van der Waals surface area (Å²) in [6.45, 7) is 0. The summed E-state index contributed by atoms with van der Waals surface area (Å²) in [7, 11) is 3.95. The van der Waals surface area contributed by atoms with Gasteiger partial charge in [-0.3, -0.25) is 9.59 Å². The number of anilines is 2. The van der Waals surface area contributed by atoms with E-state index in [0.29, 0.717) is 5.69 Å². The number of para-hydroxylation sites is 1. The van der Waals surface area contributed by atoms with Crippen LogP contribution in [0.1, 0.15) is 20.7 Å². The third-order valence-electron chi connectivity index (χ3n) is 3.52. The minimum Gasteiger partial charge on any atom is -0.494 e. The van der Waals surface area contributed by atoms with Gasteiger partial charge in [-0.25, -0.2) is 0 Å². The predicted molar refractivity (Wildman–Crippen MR) is 93.4 cm³/mol. The molecule has 0 aromatic heterocycles. The van der Waals surface area contributed by atoms with Gasteiger partial charge in [-0.15, -0.1) is 0 Å². The lowest BCUT2D eigenvalue weighted by Gasteiger charge is -2.20. The number of amides is 2. The van der Waals surface area contributed by atoms with Crippen LogP contribution in [0.5, 0.6) is 17.2 Å². The summed E-state index contributed by atoms with van der Waals surface area (Å²) in [5.74, 6) is -1.47. The minimum atomic E-state index is -0.825. The van der Waals surface area contributed by atoms with E-state index < -0.39 is 11.8 Å². The van der Waals surface area contributed by atoms with Gasteiger partial charge >= 0.3 is 0 Å². The second-order valence-electron chi connectivity index (χ2n) is 4.95. The normalized spacial score (nSPS) is 10.0. The zero-order valence-electron chi connectivity index (χ0n) is 14.1. The fourth-order valence-corrected chi connectivity index (χ4v) is 2.47. The van der Waals surface area contributed by atoms with E-state index in [0.717, 1.165) is 0 Å². The Hall–Kier alpha value is -3.42. The fourth-order valence-electron chi connectivity index (χ4n) is 2.47. The first-order valence-corrected chi connectivity index (χ1v) is 7.23. The van der Waals surface area contributed by atoms with Gasteiger partial charge in [0.15, 0.2) is 17.2 Å². The molecule has 0 aliphatic rings. The highest BCUT2D eigenvalue weighted by molar-refractivity contribution is 6.14. The van der Waals surface area contributed by atoms with Crippen molar-refractivity contribution in [3.05, 3.63) is 41.5 Å². The molecule has 0 heterocycles. The molecular weight excluding hydrogens is 326 g/mol. The smallest absolute Gasteiger partial charge is 0.261 e. The molecule has 0 bridgehead atoms. The van der Waals surface area contributed by atoms with Gasteiger partial charge in [0.05, 0.1) is 27.0 Å². The molecule has 0 atom stereocenters. The number of methoxy groups -OCH3 is 3. The Morgan fingerprint density at radius 1 is 0.880 bits per heavy atom. The van der Waals surface area contributed by atoms with Gasteiger partial charge in [0.25, 0.3) is 11.8 Å². The van der Waals surface area contributed by atoms with Crippen LogP contribution in [0, 0.1) is 0 Å². The molecule has 0 fully saturated rings. The van der Waals surface area contributed by atoms with Crippen LogP contribution in [0.2, 0.25) is 0 Å². The SMILES string of the molecule is COc1c(OC)c(C(N)=O)c(OC)c(N)c1C(=O)Nc1ccccc1. The summed E-state index contributed by atoms with van der Waals surface area (Å²) < 4.78 is 15.7. The summed E-state index contributed by atoms with van der Waals surface area (Å²) >= 11 is 0. The number of hydrogen-bond acceptors (Lipinski definition) is 6. The molecule has 8 nitrogen and oxygen atoms in total. The molecule has 0 aliphatic heterocycles. The van der Waals surface area contributed by atoms with Crippen molar-refractivity contribution in [2.24, 2.45) is 5.73 Å². The lowest BCUT2D eigenvalue weighted by molar-refractivity contribution is 0.0987. The molecule has 2 amide bonds. The third kappa shape index (κ3) is 3.27. The van der Waals surface area contributed by atoms with E-state index in [4.69, 9.17) is 25.7 Å². The van der Waals surface area contributed by atoms with Crippen molar-refractivity contribution in [3.63, 3.8) is 0 Å². The number of ether oxygens (including phenoxy) is 3. The van der Waals surface area contributed by atoms with E-state index in [2.05, 4.69) is 5.32 Å². The van der Waals surface area contributed by atoms with Gasteiger partial charge in [-0.05, 0) is 12.1 Å². The molecule has 2 rings (SSSR count). The van der Waals surface area contributed by atoms with E-state index in [1.165, 1.54) is 21.3 Å². The zero-order valence-corrected chi connectivity index (χ0v) is 14.1. The highest BCUT2D eigenvalue weighted by Crippen LogP contribution is 2.45. The summed E-state index contributed by atoms with van der Waals surface area (Å²) in [5, 5.41) is 2.70. The first-order chi connectivity index (χ1) is 12.0. The van der Waals surface area contributed by atoms with Crippen molar-refractivity contribution in [2.75, 3.05) is 32.4 Å². The number of benzene rings is 2. The maximum absolute atomic E-state index is 12.7. The number of carbonyl (C=O) groups excluding carboxylic acids is 2. The Bertz CT molecular complexity index is 806. The Morgan fingerprint density at radius 2 is 1.40 bits per heavy atom. The standard InChI is InChI=1S/C17H19N3O5/c1-23-13-11(16(19)21)15(25-3)14(24-2)10(12(13)18)17(22)20-9-7-5-4-6-8-9/h4-8H,18H2,1-3H3,(H2,19,21)(H,20,22). The van der Waals surface area contributed by atoms with Crippen molar-refractivity contribution in [3.8, 4) is 17.2 Å². The number of nitrogen functional groups attached to an aromatic ring is 1. The van der Waals surface area contributed by atoms with Crippen LogP contribution in [0.25, 0.3) is 0 Å². The molecule has 132 valence electrons. The van der Waals surface area contributed by atoms with Crippen molar-refractivity contribution < 1.29 is 23.8 Å². The summed E-state index contributed by atoms with van der Waals surface area (Å²) in [5.41, 5.74) is 11.8. The van der Waals surface area contributed by atoms with Crippen LogP contribution in [0.4, 0.5) is 11.4 Å². The minimum absolute atomic E-state index is 0.0111. The van der Waals surface area contributed by atoms with Gasteiger partial charge in [0, 0.05) is 5.69 Å². The molecule has 2 aromatic carbocycles. The van der Waals surface area contributed by atoms with Gasteiger partial charge < -0.3 is 31.0 Å². The average Bonchev–Trinajstić information content (AvgIpc) is 2.60. The van der Waals surface area contributed by atoms with Gasteiger partial charge in [-0.1, -0.05) is 18.2 Å². The lowest BCUT2D eigenvalue weighted by Crippen LogP contribution is -2.21. The molecule has 0 spiro atoms. The van der Waals surface area contributed by atoms with Crippen LogP contribution in [0.15, 0.2) is 30.3 Å². The first kappa shape index (κ1) is 17.9. The summed E-state index contributed by atoms with van der Waals surface area (Å²) in [4.78, 5) is 24.5. The van der Waals surface area contributed by atoms with Crippen LogP contribution >= 0.6 is 0 Å². The lowest BCUT2D eigenvalue weighted by atomic mass is 10.0. The number of carbonyl (C=O) groups is 2. The fraction of sp³-hybridized carbons (Fsp3) is 0.176. The Morgan fingerprint density at radius 3 is 1.88 bits per heavy atom. The highest BCUT2D eigenvalue weighted by atomic mass is 16.5. The second kappa shape index (κ2) is 7.43. The molecular formula is C17H19N3O5. The Balaban J connectivity index is 2.68. The highest BCUT2D eigenvalue weighted by Gasteiger charge is 2.31. The Kier molecular flexibility index (Phi) is 5.33. The van der Waals surface area contributed by atoms with Crippen LogP contribution in [0.3, 0.4) is 0 Å². The predicted octanol–water partition coefficient (Wildman–Crippen LogP) is 1.65. The molecule has 0 unspecified atom stereocenters. The molecule has 5 N–H and O–H groups in total. The van der Waals surface area contributed by atoms with Crippen LogP contribution in [-0.2, 0) is 0 Å². The topological polar surface area (TPSA) is 126 Å². The number of primary amides is 1. The van der Waals surface area contributed by atoms with Crippen molar-refractivity contribution >= 4 is 23.2 Å². The first-order valence-electron chi connectivity index (χ1n) is 7.23. The number of hydrogen-bond donors (Lipinski definition) is 3. The van der Waals surface area contributed by atoms with E-state index in [-0.39, 0.29) is 34.1 Å². The maximum Gasteiger partial charge on any atom is 0.261 e. The second-order valence-corrected chi connectivity index (χ2v) is 4.95. The molecule has 25 heavy (non-hydrogen) atoms. The monoisotopic (exact) mass is 345 g/mol. The largest absolute Gasteiger partial charge is 0.494 e. The Labute approximate surface area is 144 Å². The molecule has 0 saturated carbocycles. The maximum atomic E-state index is 12.7. The van der Waals surface area contributed by atoms with Gasteiger partial charge in [-0.2, -0.15) is 0 Å². The molecule has 0 aliphatic carbocycles. The number of nitrogens with two attached hydrogens (primary N) is 2. The zero-order chi connectivity index (χ0) is 18.6. The third-order valence-corrected chi connectivity index (χ3v) is 3.52. The van der Waals surface area contributed by atoms with Crippen molar-refractivity contribution in [1.29, 1.82) is 0 Å². The van der Waals surface area contributed by atoms with Crippen molar-refractivity contribution in [1.82, 2.24) is 0 Å². The van der Waals surface area contributed by atoms with E-state index in [1.54, 1.807) is 24.3 Å². The molecule has 8 heteroatoms. The van der Waals surface area contributed by atoms with Crippen LogP contribution in [-0.4, -0.2) is 33.1 Å². The molecule has 2 aromatic rings. The molecule has 0 saturated heterocycles. The van der Waals surface area contributed by atoms with E-state index in [1.807, 2.05) is 6.07 Å². The van der Waals surface area contributed by atoms with Crippen LogP contribution < -0.4 is 31.0 Å². The number of rotatable bonds is 6. The summed E-state index contributed by atoms with van der Waals surface area (Å²) in [6, 6.07) is 8.79. The van der Waals surface area contributed by atoms with Gasteiger partial charge in [0.1, 0.15) is 11.1 Å². The van der Waals surface area contributed by atoms with Crippen molar-refractivity contribution in [2.45, 2.75) is 0 Å². The quantitative estimate of drug-likeness (QED) is 0.683. The molecule has 0 radical (unpaired) electrons. The van der Waals surface area contributed by atoms with E-state index >= 15 is 0 Å². The summed E-state index contributed by atoms with van der Waals surface area (Å²) in [6.07, 6.45) is 0. The average molecular weight is 345 g/mol. The van der Waals surface area contributed by atoms with E-state index in [9.17, 15) is 9.59 Å². The number of nitrogens with one attached hydrogen (secondary N) is 1.